The molecule has 2 heterocycles. The topological polar surface area (TPSA) is 41.7 Å². The minimum absolute atomic E-state index is 0.0757. The lowest BCUT2D eigenvalue weighted by molar-refractivity contribution is -0.233. The molecule has 0 bridgehead atoms. The van der Waals surface area contributed by atoms with E-state index in [0.29, 0.717) is 18.1 Å². The fourth-order valence-corrected chi connectivity index (χ4v) is 4.63. The van der Waals surface area contributed by atoms with Gasteiger partial charge in [-0.2, -0.15) is 0 Å². The fourth-order valence-electron chi connectivity index (χ4n) is 4.63. The van der Waals surface area contributed by atoms with Crippen molar-refractivity contribution in [1.82, 2.24) is 9.80 Å². The zero-order valence-corrected chi connectivity index (χ0v) is 13.6. The van der Waals surface area contributed by atoms with Crippen LogP contribution in [0, 0.1) is 11.3 Å². The summed E-state index contributed by atoms with van der Waals surface area (Å²) in [6, 6.07) is 0.633. The second-order valence-electron chi connectivity index (χ2n) is 7.87. The lowest BCUT2D eigenvalue weighted by atomic mass is 9.46. The van der Waals surface area contributed by atoms with Crippen LogP contribution in [0.4, 0.5) is 0 Å². The lowest BCUT2D eigenvalue weighted by Crippen LogP contribution is -2.81. The second-order valence-corrected chi connectivity index (χ2v) is 7.87. The monoisotopic (exact) mass is 281 g/mol. The molecule has 0 aromatic heterocycles. The van der Waals surface area contributed by atoms with Crippen LogP contribution in [0.25, 0.3) is 0 Å². The maximum absolute atomic E-state index is 6.91. The molecule has 2 N–H and O–H groups in total. The van der Waals surface area contributed by atoms with Gasteiger partial charge in [0.1, 0.15) is 0 Å². The molecule has 3 fully saturated rings. The average molecular weight is 281 g/mol. The van der Waals surface area contributed by atoms with E-state index in [1.54, 1.807) is 0 Å². The molecule has 1 aliphatic carbocycles. The minimum atomic E-state index is -0.0757. The van der Waals surface area contributed by atoms with Gasteiger partial charge in [0, 0.05) is 55.7 Å². The highest BCUT2D eigenvalue weighted by atomic mass is 16.5. The quantitative estimate of drug-likeness (QED) is 0.824. The molecule has 2 saturated heterocycles. The van der Waals surface area contributed by atoms with E-state index in [-0.39, 0.29) is 11.0 Å². The van der Waals surface area contributed by atoms with Crippen molar-refractivity contribution in [2.45, 2.75) is 51.3 Å². The molecule has 20 heavy (non-hydrogen) atoms. The Morgan fingerprint density at radius 3 is 2.75 bits per heavy atom. The Morgan fingerprint density at radius 1 is 1.30 bits per heavy atom. The summed E-state index contributed by atoms with van der Waals surface area (Å²) in [5.74, 6) is 0.557. The van der Waals surface area contributed by atoms with Gasteiger partial charge in [0.25, 0.3) is 0 Å². The second kappa shape index (κ2) is 4.94. The SMILES string of the molecule is CC1CN(CC2(N)C3CCCOC3C2(C)C)CCN1C. The van der Waals surface area contributed by atoms with Crippen LogP contribution in [0.5, 0.6) is 0 Å². The van der Waals surface area contributed by atoms with Crippen molar-refractivity contribution in [3.8, 4) is 0 Å². The first-order chi connectivity index (χ1) is 9.36. The molecule has 0 spiro atoms. The normalized spacial score (nSPS) is 45.8. The van der Waals surface area contributed by atoms with Crippen molar-refractivity contribution in [2.75, 3.05) is 39.8 Å². The number of ether oxygens (including phenoxy) is 1. The van der Waals surface area contributed by atoms with Crippen molar-refractivity contribution < 1.29 is 4.74 Å². The van der Waals surface area contributed by atoms with Gasteiger partial charge in [0.05, 0.1) is 6.10 Å². The minimum Gasteiger partial charge on any atom is -0.377 e. The molecule has 0 radical (unpaired) electrons. The third kappa shape index (κ3) is 2.04. The van der Waals surface area contributed by atoms with E-state index in [2.05, 4.69) is 37.6 Å². The van der Waals surface area contributed by atoms with E-state index < -0.39 is 0 Å². The molecule has 0 amide bonds. The molecular formula is C16H31N3O. The van der Waals surface area contributed by atoms with Crippen LogP contribution in [0.1, 0.15) is 33.6 Å². The van der Waals surface area contributed by atoms with E-state index in [0.717, 1.165) is 32.8 Å². The Hall–Kier alpha value is -0.160. The molecule has 3 aliphatic rings. The third-order valence-corrected chi connectivity index (χ3v) is 6.42. The van der Waals surface area contributed by atoms with Gasteiger partial charge < -0.3 is 15.4 Å². The molecule has 2 aliphatic heterocycles. The van der Waals surface area contributed by atoms with Crippen LogP contribution in [-0.4, -0.2) is 67.3 Å². The van der Waals surface area contributed by atoms with Crippen molar-refractivity contribution in [1.29, 1.82) is 0 Å². The number of piperazine rings is 1. The maximum atomic E-state index is 6.91. The van der Waals surface area contributed by atoms with Gasteiger partial charge in [-0.05, 0) is 26.8 Å². The van der Waals surface area contributed by atoms with Crippen LogP contribution in [0.2, 0.25) is 0 Å². The first-order valence-corrected chi connectivity index (χ1v) is 8.19. The third-order valence-electron chi connectivity index (χ3n) is 6.42. The summed E-state index contributed by atoms with van der Waals surface area (Å²) in [6.07, 6.45) is 2.80. The van der Waals surface area contributed by atoms with Crippen molar-refractivity contribution >= 4 is 0 Å². The predicted octanol–water partition coefficient (Wildman–Crippen LogP) is 1.15. The number of nitrogens with two attached hydrogens (primary N) is 1. The molecular weight excluding hydrogens is 250 g/mol. The first kappa shape index (κ1) is 14.8. The highest BCUT2D eigenvalue weighted by Crippen LogP contribution is 2.57. The molecule has 0 aromatic rings. The van der Waals surface area contributed by atoms with E-state index in [4.69, 9.17) is 10.5 Å². The number of likely N-dealkylation sites (N-methyl/N-ethyl adjacent to an activating group) is 1. The van der Waals surface area contributed by atoms with E-state index in [1.165, 1.54) is 12.8 Å². The average Bonchev–Trinajstić information content (AvgIpc) is 2.43. The Morgan fingerprint density at radius 2 is 2.05 bits per heavy atom. The van der Waals surface area contributed by atoms with Crippen LogP contribution in [0.3, 0.4) is 0 Å². The summed E-state index contributed by atoms with van der Waals surface area (Å²) < 4.78 is 6.01. The first-order valence-electron chi connectivity index (χ1n) is 8.19. The summed E-state index contributed by atoms with van der Waals surface area (Å²) >= 11 is 0. The zero-order chi connectivity index (χ0) is 14.5. The molecule has 116 valence electrons. The number of hydrogen-bond donors (Lipinski definition) is 1. The predicted molar refractivity (Wildman–Crippen MR) is 81.7 cm³/mol. The molecule has 4 nitrogen and oxygen atoms in total. The van der Waals surface area contributed by atoms with Gasteiger partial charge in [0.15, 0.2) is 0 Å². The van der Waals surface area contributed by atoms with Crippen molar-refractivity contribution in [3.63, 3.8) is 0 Å². The number of fused-ring (bicyclic) bond motifs is 1. The molecule has 4 atom stereocenters. The van der Waals surface area contributed by atoms with E-state index in [9.17, 15) is 0 Å². The van der Waals surface area contributed by atoms with E-state index >= 15 is 0 Å². The Bertz CT molecular complexity index is 373. The summed E-state index contributed by atoms with van der Waals surface area (Å²) in [4.78, 5) is 5.02. The molecule has 1 saturated carbocycles. The largest absolute Gasteiger partial charge is 0.377 e. The van der Waals surface area contributed by atoms with Gasteiger partial charge in [-0.15, -0.1) is 0 Å². The Kier molecular flexibility index (Phi) is 3.65. The number of rotatable bonds is 2. The van der Waals surface area contributed by atoms with Gasteiger partial charge in [-0.25, -0.2) is 0 Å². The smallest absolute Gasteiger partial charge is 0.0690 e. The fraction of sp³-hybridized carbons (Fsp3) is 1.00. The highest BCUT2D eigenvalue weighted by Gasteiger charge is 2.66. The van der Waals surface area contributed by atoms with Crippen LogP contribution in [-0.2, 0) is 4.74 Å². The van der Waals surface area contributed by atoms with Gasteiger partial charge in [-0.1, -0.05) is 13.8 Å². The highest BCUT2D eigenvalue weighted by molar-refractivity contribution is 5.21. The van der Waals surface area contributed by atoms with Gasteiger partial charge in [0.2, 0.25) is 0 Å². The summed E-state index contributed by atoms with van der Waals surface area (Å²) in [5, 5.41) is 0. The van der Waals surface area contributed by atoms with E-state index in [1.807, 2.05) is 0 Å². The summed E-state index contributed by atoms with van der Waals surface area (Å²) in [7, 11) is 2.22. The van der Waals surface area contributed by atoms with Crippen LogP contribution in [0.15, 0.2) is 0 Å². The Labute approximate surface area is 123 Å². The van der Waals surface area contributed by atoms with Gasteiger partial charge in [-0.3, -0.25) is 4.90 Å². The van der Waals surface area contributed by atoms with Crippen LogP contribution >= 0.6 is 0 Å². The standard InChI is InChI=1S/C16H31N3O/c1-12-10-19(8-7-18(12)4)11-16(17)13-6-5-9-20-14(13)15(16,2)3/h12-14H,5-11,17H2,1-4H3. The molecule has 3 rings (SSSR count). The van der Waals surface area contributed by atoms with Gasteiger partial charge >= 0.3 is 0 Å². The van der Waals surface area contributed by atoms with Crippen LogP contribution < -0.4 is 5.73 Å². The zero-order valence-electron chi connectivity index (χ0n) is 13.6. The molecule has 4 heteroatoms. The lowest BCUT2D eigenvalue weighted by Gasteiger charge is -2.67. The number of nitrogens with zero attached hydrogens (tertiary/aromatic N) is 2. The maximum Gasteiger partial charge on any atom is 0.0690 e. The summed E-state index contributed by atoms with van der Waals surface area (Å²) in [6.45, 7) is 12.3. The Balaban J connectivity index is 1.69. The summed E-state index contributed by atoms with van der Waals surface area (Å²) in [5.41, 5.74) is 6.94. The molecule has 4 unspecified atom stereocenters. The van der Waals surface area contributed by atoms with Crippen molar-refractivity contribution in [2.24, 2.45) is 17.1 Å². The van der Waals surface area contributed by atoms with Crippen molar-refractivity contribution in [3.05, 3.63) is 0 Å². The molecule has 0 aromatic carbocycles. The number of hydrogen-bond acceptors (Lipinski definition) is 4.